The van der Waals surface area contributed by atoms with E-state index in [4.69, 9.17) is 35.7 Å². The molecule has 2 aromatic rings. The van der Waals surface area contributed by atoms with Gasteiger partial charge in [0.05, 0.1) is 25.4 Å². The van der Waals surface area contributed by atoms with Crippen molar-refractivity contribution in [3.8, 4) is 17.4 Å². The number of aromatic nitrogens is 1. The maximum Gasteiger partial charge on any atom is 0.417 e. The van der Waals surface area contributed by atoms with E-state index in [2.05, 4.69) is 4.98 Å². The van der Waals surface area contributed by atoms with Crippen molar-refractivity contribution in [3.05, 3.63) is 52.7 Å². The highest BCUT2D eigenvalue weighted by Gasteiger charge is 2.32. The maximum atomic E-state index is 12.8. The Morgan fingerprint density at radius 3 is 2.66 bits per heavy atom. The number of hydrogen-bond acceptors (Lipinski definition) is 6. The van der Waals surface area contributed by atoms with Crippen LogP contribution in [0.5, 0.6) is 17.4 Å². The van der Waals surface area contributed by atoms with Crippen LogP contribution in [0.4, 0.5) is 13.2 Å². The molecule has 1 fully saturated rings. The molecule has 32 heavy (non-hydrogen) atoms. The summed E-state index contributed by atoms with van der Waals surface area (Å²) in [4.78, 5) is 14.5. The molecule has 3 rings (SSSR count). The van der Waals surface area contributed by atoms with E-state index in [0.29, 0.717) is 43.2 Å². The van der Waals surface area contributed by atoms with E-state index in [0.717, 1.165) is 6.08 Å². The summed E-state index contributed by atoms with van der Waals surface area (Å²) in [5, 5.41) is 8.53. The number of hydrogen-bond donors (Lipinski definition) is 1. The van der Waals surface area contributed by atoms with E-state index in [1.54, 1.807) is 13.0 Å². The Bertz CT molecular complexity index is 1010. The van der Waals surface area contributed by atoms with Gasteiger partial charge < -0.3 is 24.1 Å². The first-order valence-electron chi connectivity index (χ1n) is 9.42. The third kappa shape index (κ3) is 6.35. The fourth-order valence-corrected chi connectivity index (χ4v) is 3.01. The van der Waals surface area contributed by atoms with Crippen molar-refractivity contribution in [2.75, 3.05) is 19.8 Å². The second kappa shape index (κ2) is 9.76. The second-order valence-corrected chi connectivity index (χ2v) is 7.32. The van der Waals surface area contributed by atoms with Crippen molar-refractivity contribution in [3.63, 3.8) is 0 Å². The van der Waals surface area contributed by atoms with E-state index >= 15 is 0 Å². The van der Waals surface area contributed by atoms with Crippen molar-refractivity contribution >= 4 is 23.6 Å². The molecule has 1 aliphatic heterocycles. The van der Waals surface area contributed by atoms with Gasteiger partial charge in [0.1, 0.15) is 16.5 Å². The number of aliphatic carboxylic acids is 1. The summed E-state index contributed by atoms with van der Waals surface area (Å²) in [6.45, 7) is 3.05. The number of pyridine rings is 1. The minimum Gasteiger partial charge on any atom is -0.493 e. The van der Waals surface area contributed by atoms with Crippen LogP contribution in [0.25, 0.3) is 6.08 Å². The van der Waals surface area contributed by atoms with Gasteiger partial charge in [0.15, 0.2) is 5.79 Å². The molecule has 7 nitrogen and oxygen atoms in total. The summed E-state index contributed by atoms with van der Waals surface area (Å²) in [7, 11) is 0. The Morgan fingerprint density at radius 1 is 1.31 bits per heavy atom. The summed E-state index contributed by atoms with van der Waals surface area (Å²) < 4.78 is 60.8. The predicted octanol–water partition coefficient (Wildman–Crippen LogP) is 5.18. The number of benzene rings is 1. The van der Waals surface area contributed by atoms with Crippen LogP contribution in [0.3, 0.4) is 0 Å². The highest BCUT2D eigenvalue weighted by molar-refractivity contribution is 6.31. The third-order valence-electron chi connectivity index (χ3n) is 4.45. The van der Waals surface area contributed by atoms with Gasteiger partial charge in [0.25, 0.3) is 0 Å². The molecule has 1 aromatic carbocycles. The number of nitrogens with zero attached hydrogens (tertiary/aromatic N) is 1. The van der Waals surface area contributed by atoms with Crippen LogP contribution in [-0.2, 0) is 20.4 Å². The van der Waals surface area contributed by atoms with Crippen LogP contribution in [0.1, 0.15) is 24.5 Å². The van der Waals surface area contributed by atoms with E-state index in [1.807, 2.05) is 0 Å². The average Bonchev–Trinajstić information content (AvgIpc) is 3.14. The number of halogens is 4. The molecule has 0 radical (unpaired) electrons. The molecule has 1 N–H and O–H groups in total. The smallest absolute Gasteiger partial charge is 0.417 e. The molecule has 0 spiro atoms. The SMILES string of the molecule is CC1(CCOc2ccc(/C=C/C(=O)O)c(Oc3ncc(C(F)(F)F)cc3Cl)c2)OCCO1. The number of carbonyl (C=O) groups is 1. The van der Waals surface area contributed by atoms with Crippen molar-refractivity contribution < 1.29 is 42.0 Å². The van der Waals surface area contributed by atoms with Gasteiger partial charge in [0, 0.05) is 30.3 Å². The Labute approximate surface area is 186 Å². The molecule has 1 saturated heterocycles. The minimum absolute atomic E-state index is 0.0914. The van der Waals surface area contributed by atoms with Crippen molar-refractivity contribution in [2.24, 2.45) is 0 Å². The number of ether oxygens (including phenoxy) is 4. The highest BCUT2D eigenvalue weighted by atomic mass is 35.5. The number of carboxylic acid groups (broad SMARTS) is 1. The van der Waals surface area contributed by atoms with Gasteiger partial charge in [-0.3, -0.25) is 0 Å². The second-order valence-electron chi connectivity index (χ2n) is 6.91. The predicted molar refractivity (Wildman–Crippen MR) is 108 cm³/mol. The van der Waals surface area contributed by atoms with E-state index in [-0.39, 0.29) is 23.3 Å². The zero-order valence-electron chi connectivity index (χ0n) is 16.8. The molecular formula is C21H19ClF3NO6. The zero-order chi connectivity index (χ0) is 23.4. The topological polar surface area (TPSA) is 87.1 Å². The first-order valence-corrected chi connectivity index (χ1v) is 9.80. The lowest BCUT2D eigenvalue weighted by atomic mass is 10.1. The molecule has 1 aromatic heterocycles. The molecule has 2 heterocycles. The minimum atomic E-state index is -4.61. The molecule has 0 bridgehead atoms. The van der Waals surface area contributed by atoms with Crippen LogP contribution in [0.2, 0.25) is 5.02 Å². The first kappa shape index (κ1) is 23.8. The Kier molecular flexibility index (Phi) is 7.27. The quantitative estimate of drug-likeness (QED) is 0.529. The number of carboxylic acids is 1. The van der Waals surface area contributed by atoms with Crippen molar-refractivity contribution in [1.29, 1.82) is 0 Å². The largest absolute Gasteiger partial charge is 0.493 e. The molecule has 172 valence electrons. The molecule has 0 atom stereocenters. The molecule has 11 heteroatoms. The van der Waals surface area contributed by atoms with Crippen LogP contribution in [0, 0.1) is 0 Å². The average molecular weight is 474 g/mol. The molecule has 1 aliphatic rings. The van der Waals surface area contributed by atoms with Gasteiger partial charge in [-0.1, -0.05) is 11.6 Å². The fourth-order valence-electron chi connectivity index (χ4n) is 2.81. The van der Waals surface area contributed by atoms with Crippen LogP contribution >= 0.6 is 11.6 Å². The van der Waals surface area contributed by atoms with E-state index < -0.39 is 23.5 Å². The fraction of sp³-hybridized carbons (Fsp3) is 0.333. The van der Waals surface area contributed by atoms with Gasteiger partial charge in [0.2, 0.25) is 5.88 Å². The Hall–Kier alpha value is -2.82. The van der Waals surface area contributed by atoms with Crippen LogP contribution in [-0.4, -0.2) is 41.7 Å². The van der Waals surface area contributed by atoms with Crippen molar-refractivity contribution in [2.45, 2.75) is 25.3 Å². The lowest BCUT2D eigenvalue weighted by Crippen LogP contribution is -2.27. The van der Waals surface area contributed by atoms with Gasteiger partial charge in [-0.15, -0.1) is 0 Å². The van der Waals surface area contributed by atoms with Crippen molar-refractivity contribution in [1.82, 2.24) is 4.98 Å². The van der Waals surface area contributed by atoms with Crippen LogP contribution in [0.15, 0.2) is 36.5 Å². The molecule has 0 unspecified atom stereocenters. The summed E-state index contributed by atoms with van der Waals surface area (Å²) in [6, 6.07) is 5.27. The zero-order valence-corrected chi connectivity index (χ0v) is 17.6. The summed E-state index contributed by atoms with van der Waals surface area (Å²) in [5.41, 5.74) is -0.699. The van der Waals surface area contributed by atoms with Crippen LogP contribution < -0.4 is 9.47 Å². The maximum absolute atomic E-state index is 12.8. The van der Waals surface area contributed by atoms with Gasteiger partial charge in [-0.25, -0.2) is 9.78 Å². The van der Waals surface area contributed by atoms with Gasteiger partial charge >= 0.3 is 12.1 Å². The first-order chi connectivity index (χ1) is 15.1. The van der Waals surface area contributed by atoms with E-state index in [9.17, 15) is 18.0 Å². The lowest BCUT2D eigenvalue weighted by Gasteiger charge is -2.22. The normalized spacial score (nSPS) is 15.8. The number of alkyl halides is 3. The Balaban J connectivity index is 1.81. The van der Waals surface area contributed by atoms with E-state index in [1.165, 1.54) is 18.2 Å². The molecule has 0 saturated carbocycles. The van der Waals surface area contributed by atoms with Gasteiger partial charge in [-0.2, -0.15) is 13.2 Å². The standard InChI is InChI=1S/C21H19ClF3NO6/c1-20(30-8-9-31-20)6-7-29-15-4-2-13(3-5-18(27)28)17(11-15)32-19-16(22)10-14(12-26-19)21(23,24)25/h2-5,10-12H,6-9H2,1H3,(H,27,28)/b5-3+. The number of rotatable bonds is 8. The van der Waals surface area contributed by atoms with Gasteiger partial charge in [-0.05, 0) is 31.2 Å². The molecule has 0 aliphatic carbocycles. The third-order valence-corrected chi connectivity index (χ3v) is 4.73. The molecular weight excluding hydrogens is 455 g/mol. The summed E-state index contributed by atoms with van der Waals surface area (Å²) in [6.07, 6.45) is -1.41. The molecule has 0 amide bonds. The highest BCUT2D eigenvalue weighted by Crippen LogP contribution is 2.36. The Morgan fingerprint density at radius 2 is 2.03 bits per heavy atom. The lowest BCUT2D eigenvalue weighted by molar-refractivity contribution is -0.150. The summed E-state index contributed by atoms with van der Waals surface area (Å²) >= 11 is 5.92. The monoisotopic (exact) mass is 473 g/mol. The summed E-state index contributed by atoms with van der Waals surface area (Å²) in [5.74, 6) is -1.74.